The van der Waals surface area contributed by atoms with Crippen molar-refractivity contribution in [3.8, 4) is 0 Å². The first-order valence-corrected chi connectivity index (χ1v) is 8.35. The highest BCUT2D eigenvalue weighted by atomic mass is 31.2. The monoisotopic (exact) mass is 350 g/mol. The van der Waals surface area contributed by atoms with Crippen LogP contribution in [0.25, 0.3) is 0 Å². The molecule has 23 heavy (non-hydrogen) atoms. The number of hydrogen-bond acceptors (Lipinski definition) is 7. The molecule has 0 aliphatic carbocycles. The molecule has 2 rings (SSSR count). The highest BCUT2D eigenvalue weighted by Crippen LogP contribution is 2.51. The van der Waals surface area contributed by atoms with Crippen LogP contribution in [0, 0.1) is 0 Å². The largest absolute Gasteiger partial charge is 0.472 e. The second kappa shape index (κ2) is 6.68. The molecule has 0 bridgehead atoms. The van der Waals surface area contributed by atoms with Gasteiger partial charge >= 0.3 is 13.5 Å². The summed E-state index contributed by atoms with van der Waals surface area (Å²) in [6.45, 7) is 1.02. The number of nitrogens with zero attached hydrogens (tertiary/aromatic N) is 1. The standard InChI is InChI=1S/C12H19N2O8P/c1-12(4-6-15,14-5-3-9(16)13-11(14)17)10-8(20-2)7-21-23(18,19)22-10/h3,5,8,10,15H,4,6-7H2,1-2H3,(H,18,19)(H,13,16,17)/t8-,10-,12+/m1/s1. The molecule has 1 unspecified atom stereocenters. The molecule has 4 atom stereocenters. The summed E-state index contributed by atoms with van der Waals surface area (Å²) in [4.78, 5) is 35.1. The highest BCUT2D eigenvalue weighted by molar-refractivity contribution is 7.47. The van der Waals surface area contributed by atoms with Crippen molar-refractivity contribution in [2.24, 2.45) is 0 Å². The number of phosphoric ester groups is 1. The summed E-state index contributed by atoms with van der Waals surface area (Å²) < 4.78 is 28.0. The summed E-state index contributed by atoms with van der Waals surface area (Å²) in [5.74, 6) is 0. The number of aromatic amines is 1. The van der Waals surface area contributed by atoms with E-state index in [0.29, 0.717) is 0 Å². The summed E-state index contributed by atoms with van der Waals surface area (Å²) in [7, 11) is -2.94. The molecule has 2 heterocycles. The van der Waals surface area contributed by atoms with Crippen molar-refractivity contribution in [2.75, 3.05) is 20.3 Å². The first-order valence-electron chi connectivity index (χ1n) is 6.85. The van der Waals surface area contributed by atoms with E-state index in [9.17, 15) is 24.2 Å². The average Bonchev–Trinajstić information content (AvgIpc) is 2.46. The Bertz CT molecular complexity index is 716. The minimum Gasteiger partial charge on any atom is -0.396 e. The zero-order valence-corrected chi connectivity index (χ0v) is 13.6. The van der Waals surface area contributed by atoms with Gasteiger partial charge in [0.1, 0.15) is 12.2 Å². The van der Waals surface area contributed by atoms with E-state index >= 15 is 0 Å². The van der Waals surface area contributed by atoms with Gasteiger partial charge in [-0.15, -0.1) is 0 Å². The quantitative estimate of drug-likeness (QED) is 0.584. The lowest BCUT2D eigenvalue weighted by molar-refractivity contribution is -0.120. The van der Waals surface area contributed by atoms with Crippen LogP contribution < -0.4 is 11.2 Å². The lowest BCUT2D eigenvalue weighted by Crippen LogP contribution is -2.57. The highest BCUT2D eigenvalue weighted by Gasteiger charge is 2.50. The van der Waals surface area contributed by atoms with Gasteiger partial charge in [0.05, 0.1) is 12.1 Å². The van der Waals surface area contributed by atoms with Crippen LogP contribution in [0.1, 0.15) is 13.3 Å². The molecule has 0 saturated carbocycles. The van der Waals surface area contributed by atoms with Crippen molar-refractivity contribution in [1.82, 2.24) is 9.55 Å². The Kier molecular flexibility index (Phi) is 5.24. The van der Waals surface area contributed by atoms with E-state index in [4.69, 9.17) is 13.8 Å². The Labute approximate surface area is 131 Å². The number of nitrogens with one attached hydrogen (secondary N) is 1. The third-order valence-electron chi connectivity index (χ3n) is 3.89. The average molecular weight is 350 g/mol. The van der Waals surface area contributed by atoms with Crippen molar-refractivity contribution in [3.05, 3.63) is 33.1 Å². The molecule has 130 valence electrons. The van der Waals surface area contributed by atoms with E-state index in [1.165, 1.54) is 13.3 Å². The molecule has 1 fully saturated rings. The van der Waals surface area contributed by atoms with Crippen LogP contribution in [0.4, 0.5) is 0 Å². The molecule has 0 radical (unpaired) electrons. The number of aliphatic hydroxyl groups is 1. The number of H-pyrrole nitrogens is 1. The van der Waals surface area contributed by atoms with Gasteiger partial charge < -0.3 is 14.7 Å². The van der Waals surface area contributed by atoms with E-state index in [-0.39, 0.29) is 19.6 Å². The van der Waals surface area contributed by atoms with Gasteiger partial charge in [-0.1, -0.05) is 0 Å². The van der Waals surface area contributed by atoms with Gasteiger partial charge in [0.15, 0.2) is 0 Å². The predicted octanol–water partition coefficient (Wildman–Crippen LogP) is -0.835. The normalized spacial score (nSPS) is 30.8. The van der Waals surface area contributed by atoms with Gasteiger partial charge in [-0.05, 0) is 13.3 Å². The van der Waals surface area contributed by atoms with Crippen molar-refractivity contribution in [1.29, 1.82) is 0 Å². The zero-order valence-electron chi connectivity index (χ0n) is 12.7. The fourth-order valence-corrected chi connectivity index (χ4v) is 3.69. The molecular weight excluding hydrogens is 331 g/mol. The molecule has 3 N–H and O–H groups in total. The first-order chi connectivity index (χ1) is 10.7. The summed E-state index contributed by atoms with van der Waals surface area (Å²) >= 11 is 0. The van der Waals surface area contributed by atoms with Gasteiger partial charge in [-0.3, -0.25) is 23.4 Å². The SMILES string of the molecule is CO[C@@H]1COP(=O)(O)O[C@H]1[C@](C)(CCO)n1ccc(=O)[nH]c1=O. The summed E-state index contributed by atoms with van der Waals surface area (Å²) in [5.41, 5.74) is -2.56. The molecule has 1 saturated heterocycles. The molecule has 0 aromatic carbocycles. The fourth-order valence-electron chi connectivity index (χ4n) is 2.65. The number of rotatable bonds is 5. The fraction of sp³-hybridized carbons (Fsp3) is 0.667. The van der Waals surface area contributed by atoms with Gasteiger partial charge in [0.2, 0.25) is 0 Å². The minimum absolute atomic E-state index is 0.0173. The second-order valence-electron chi connectivity index (χ2n) is 5.38. The summed E-state index contributed by atoms with van der Waals surface area (Å²) in [5, 5.41) is 9.38. The van der Waals surface area contributed by atoms with E-state index in [0.717, 1.165) is 10.6 Å². The van der Waals surface area contributed by atoms with Gasteiger partial charge in [-0.25, -0.2) is 9.36 Å². The molecule has 1 aliphatic heterocycles. The van der Waals surface area contributed by atoms with Crippen LogP contribution in [0.2, 0.25) is 0 Å². The molecule has 0 spiro atoms. The Balaban J connectivity index is 2.55. The molecular formula is C12H19N2O8P. The van der Waals surface area contributed by atoms with Crippen molar-refractivity contribution < 1.29 is 28.3 Å². The summed E-state index contributed by atoms with van der Waals surface area (Å²) in [6.07, 6.45) is -0.554. The Morgan fingerprint density at radius 2 is 2.26 bits per heavy atom. The van der Waals surface area contributed by atoms with Crippen LogP contribution >= 0.6 is 7.82 Å². The van der Waals surface area contributed by atoms with Crippen molar-refractivity contribution in [2.45, 2.75) is 31.1 Å². The molecule has 0 amide bonds. The van der Waals surface area contributed by atoms with Gasteiger partial charge in [-0.2, -0.15) is 0 Å². The Morgan fingerprint density at radius 3 is 2.83 bits per heavy atom. The Hall–Kier alpha value is -1.29. The lowest BCUT2D eigenvalue weighted by Gasteiger charge is -2.44. The predicted molar refractivity (Wildman–Crippen MR) is 78.1 cm³/mol. The van der Waals surface area contributed by atoms with Crippen molar-refractivity contribution in [3.63, 3.8) is 0 Å². The maximum Gasteiger partial charge on any atom is 0.472 e. The maximum atomic E-state index is 12.1. The van der Waals surface area contributed by atoms with Gasteiger partial charge in [0.25, 0.3) is 5.56 Å². The van der Waals surface area contributed by atoms with Crippen LogP contribution in [-0.4, -0.2) is 52.1 Å². The van der Waals surface area contributed by atoms with Crippen LogP contribution in [0.3, 0.4) is 0 Å². The number of aliphatic hydroxyl groups excluding tert-OH is 1. The minimum atomic E-state index is -4.31. The Morgan fingerprint density at radius 1 is 1.57 bits per heavy atom. The van der Waals surface area contributed by atoms with Crippen LogP contribution in [-0.2, 0) is 23.9 Å². The number of aromatic nitrogens is 2. The molecule has 1 aromatic heterocycles. The number of hydrogen-bond donors (Lipinski definition) is 3. The second-order valence-corrected chi connectivity index (χ2v) is 6.78. The van der Waals surface area contributed by atoms with Crippen LogP contribution in [0.5, 0.6) is 0 Å². The number of phosphoric acid groups is 1. The van der Waals surface area contributed by atoms with E-state index < -0.39 is 36.8 Å². The van der Waals surface area contributed by atoms with E-state index in [1.807, 2.05) is 0 Å². The van der Waals surface area contributed by atoms with E-state index in [1.54, 1.807) is 6.92 Å². The molecule has 1 aromatic rings. The molecule has 11 heteroatoms. The zero-order chi connectivity index (χ0) is 17.3. The number of ether oxygens (including phenoxy) is 1. The topological polar surface area (TPSA) is 140 Å². The first kappa shape index (κ1) is 18.1. The summed E-state index contributed by atoms with van der Waals surface area (Å²) in [6, 6.07) is 1.14. The molecule has 1 aliphatic rings. The maximum absolute atomic E-state index is 12.1. The van der Waals surface area contributed by atoms with Crippen molar-refractivity contribution >= 4 is 7.82 Å². The third-order valence-corrected chi connectivity index (χ3v) is 4.86. The number of methoxy groups -OCH3 is 1. The lowest BCUT2D eigenvalue weighted by atomic mass is 9.87. The molecule has 10 nitrogen and oxygen atoms in total. The third kappa shape index (κ3) is 3.63. The van der Waals surface area contributed by atoms with Gasteiger partial charge in [0, 0.05) is 26.0 Å². The van der Waals surface area contributed by atoms with E-state index in [2.05, 4.69) is 4.98 Å². The van der Waals surface area contributed by atoms with Crippen LogP contribution in [0.15, 0.2) is 21.9 Å². The smallest absolute Gasteiger partial charge is 0.396 e.